The fourth-order valence-corrected chi connectivity index (χ4v) is 9.00. The molecule has 11 rings (SSSR count). The number of para-hydroxylation sites is 2. The highest BCUT2D eigenvalue weighted by Crippen LogP contribution is 2.63. The second-order valence-corrected chi connectivity index (χ2v) is 14.8. The Balaban J connectivity index is 1.15. The Kier molecular flexibility index (Phi) is 8.04. The Morgan fingerprint density at radius 2 is 0.776 bits per heavy atom. The lowest BCUT2D eigenvalue weighted by atomic mass is 9.67. The molecule has 9 aromatic carbocycles. The highest BCUT2D eigenvalue weighted by Gasteiger charge is 2.48. The van der Waals surface area contributed by atoms with E-state index in [4.69, 9.17) is 9.47 Å². The van der Waals surface area contributed by atoms with Crippen molar-refractivity contribution in [1.29, 1.82) is 0 Å². The molecule has 1 heterocycles. The number of hydrogen-bond acceptors (Lipinski definition) is 3. The predicted molar refractivity (Wildman–Crippen MR) is 236 cm³/mol. The second kappa shape index (κ2) is 13.8. The first-order chi connectivity index (χ1) is 28.8. The molecule has 0 aromatic heterocycles. The van der Waals surface area contributed by atoms with Gasteiger partial charge in [-0.25, -0.2) is 0 Å². The normalized spacial score (nSPS) is 12.9. The molecular weight excluding hydrogens is 707 g/mol. The maximum absolute atomic E-state index is 6.82. The van der Waals surface area contributed by atoms with Crippen LogP contribution in [0.25, 0.3) is 33.4 Å². The summed E-state index contributed by atoms with van der Waals surface area (Å²) in [4.78, 5) is 2.37. The summed E-state index contributed by atoms with van der Waals surface area (Å²) in [6.45, 7) is 0. The van der Waals surface area contributed by atoms with E-state index in [1.165, 1.54) is 38.9 Å². The third kappa shape index (κ3) is 5.43. The average molecular weight is 744 g/mol. The van der Waals surface area contributed by atoms with Crippen molar-refractivity contribution in [3.05, 3.63) is 247 Å². The lowest BCUT2D eigenvalue weighted by Crippen LogP contribution is -2.28. The Morgan fingerprint density at radius 3 is 1.31 bits per heavy atom. The Bertz CT molecular complexity index is 2790. The van der Waals surface area contributed by atoms with Crippen LogP contribution in [0.15, 0.2) is 224 Å². The molecule has 0 N–H and O–H groups in total. The molecule has 2 aliphatic rings. The van der Waals surface area contributed by atoms with Gasteiger partial charge in [0.1, 0.15) is 0 Å². The van der Waals surface area contributed by atoms with E-state index in [9.17, 15) is 0 Å². The summed E-state index contributed by atoms with van der Waals surface area (Å²) in [5, 5.41) is 0. The van der Waals surface area contributed by atoms with Gasteiger partial charge in [0.25, 0.3) is 0 Å². The van der Waals surface area contributed by atoms with Gasteiger partial charge in [-0.2, -0.15) is 0 Å². The maximum Gasteiger partial charge on any atom is 0.178 e. The number of ether oxygens (including phenoxy) is 2. The van der Waals surface area contributed by atoms with Crippen LogP contribution >= 0.6 is 0 Å². The molecule has 0 atom stereocenters. The molecule has 0 bridgehead atoms. The summed E-state index contributed by atoms with van der Waals surface area (Å²) in [5.41, 5.74) is 14.1. The van der Waals surface area contributed by atoms with E-state index < -0.39 is 5.41 Å². The third-order valence-corrected chi connectivity index (χ3v) is 11.6. The van der Waals surface area contributed by atoms with Gasteiger partial charge < -0.3 is 14.4 Å². The zero-order valence-electron chi connectivity index (χ0n) is 31.6. The molecule has 0 fully saturated rings. The number of anilines is 3. The minimum Gasteiger partial charge on any atom is -0.449 e. The highest BCUT2D eigenvalue weighted by atomic mass is 16.6. The number of benzene rings is 9. The molecule has 0 saturated carbocycles. The van der Waals surface area contributed by atoms with E-state index in [2.05, 4.69) is 205 Å². The van der Waals surface area contributed by atoms with E-state index in [1.54, 1.807) is 0 Å². The van der Waals surface area contributed by atoms with Crippen LogP contribution in [0.2, 0.25) is 0 Å². The first-order valence-corrected chi connectivity index (χ1v) is 19.7. The predicted octanol–water partition coefficient (Wildman–Crippen LogP) is 14.8. The third-order valence-electron chi connectivity index (χ3n) is 11.6. The number of rotatable bonds is 7. The first kappa shape index (κ1) is 33.7. The molecule has 1 aliphatic carbocycles. The molecule has 3 nitrogen and oxygen atoms in total. The van der Waals surface area contributed by atoms with Gasteiger partial charge in [0.2, 0.25) is 0 Å². The van der Waals surface area contributed by atoms with Crippen LogP contribution < -0.4 is 14.4 Å². The van der Waals surface area contributed by atoms with Gasteiger partial charge in [-0.3, -0.25) is 0 Å². The molecule has 9 aromatic rings. The van der Waals surface area contributed by atoms with E-state index in [0.29, 0.717) is 17.2 Å². The average Bonchev–Trinajstić information content (AvgIpc) is 3.61. The monoisotopic (exact) mass is 743 g/mol. The Morgan fingerprint density at radius 1 is 0.328 bits per heavy atom. The van der Waals surface area contributed by atoms with Crippen molar-refractivity contribution in [3.63, 3.8) is 0 Å². The maximum atomic E-state index is 6.82. The van der Waals surface area contributed by atoms with Crippen LogP contribution in [-0.4, -0.2) is 0 Å². The van der Waals surface area contributed by atoms with Gasteiger partial charge >= 0.3 is 0 Å². The van der Waals surface area contributed by atoms with Crippen molar-refractivity contribution in [2.75, 3.05) is 4.90 Å². The van der Waals surface area contributed by atoms with Crippen LogP contribution in [0.1, 0.15) is 22.3 Å². The number of hydrogen-bond donors (Lipinski definition) is 0. The van der Waals surface area contributed by atoms with Crippen LogP contribution in [0.5, 0.6) is 23.0 Å². The van der Waals surface area contributed by atoms with Crippen LogP contribution in [0, 0.1) is 0 Å². The van der Waals surface area contributed by atoms with Crippen molar-refractivity contribution < 1.29 is 9.47 Å². The topological polar surface area (TPSA) is 21.7 Å². The lowest BCUT2D eigenvalue weighted by Gasteiger charge is -2.35. The van der Waals surface area contributed by atoms with E-state index in [1.807, 2.05) is 24.3 Å². The van der Waals surface area contributed by atoms with Crippen molar-refractivity contribution in [2.24, 2.45) is 0 Å². The summed E-state index contributed by atoms with van der Waals surface area (Å²) in [5.74, 6) is 2.88. The van der Waals surface area contributed by atoms with Crippen LogP contribution in [0.4, 0.5) is 17.1 Å². The van der Waals surface area contributed by atoms with Gasteiger partial charge in [-0.15, -0.1) is 0 Å². The van der Waals surface area contributed by atoms with E-state index in [-0.39, 0.29) is 0 Å². The van der Waals surface area contributed by atoms with Gasteiger partial charge in [0.05, 0.1) is 5.41 Å². The van der Waals surface area contributed by atoms with Crippen molar-refractivity contribution in [3.8, 4) is 56.4 Å². The molecule has 0 amide bonds. The standard InChI is InChI=1S/C55H37NO2/c1-5-15-38(16-6-1)40-25-29-44(30-26-40)56(45-31-27-41(28-32-45)39-17-7-2-8-18-39)46-33-34-47-49(37-46)55(42-19-9-3-10-20-42,43-21-11-4-12-22-43)48-35-36-52-54(53(47)48)58-51-24-14-13-23-50(51)57-52/h1-37H. The molecule has 3 heteroatoms. The van der Waals surface area contributed by atoms with E-state index in [0.717, 1.165) is 39.5 Å². The lowest BCUT2D eigenvalue weighted by molar-refractivity contribution is 0.360. The SMILES string of the molecule is c1ccc(-c2ccc(N(c3ccc(-c4ccccc4)cc3)c3ccc4c(c3)C(c3ccccc3)(c3ccccc3)c3ccc5c(c3-4)Oc3ccccc3O5)cc2)cc1. The summed E-state index contributed by atoms with van der Waals surface area (Å²) < 4.78 is 13.3. The molecule has 1 aliphatic heterocycles. The minimum absolute atomic E-state index is 0.654. The summed E-state index contributed by atoms with van der Waals surface area (Å²) in [6.07, 6.45) is 0. The fraction of sp³-hybridized carbons (Fsp3) is 0.0182. The van der Waals surface area contributed by atoms with Gasteiger partial charge in [-0.05, 0) is 105 Å². The summed E-state index contributed by atoms with van der Waals surface area (Å²) in [7, 11) is 0. The van der Waals surface area contributed by atoms with Gasteiger partial charge in [0, 0.05) is 22.6 Å². The van der Waals surface area contributed by atoms with Crippen LogP contribution in [0.3, 0.4) is 0 Å². The Hall–Kier alpha value is -7.62. The van der Waals surface area contributed by atoms with Crippen molar-refractivity contribution >= 4 is 17.1 Å². The number of nitrogens with zero attached hydrogens (tertiary/aromatic N) is 1. The van der Waals surface area contributed by atoms with Gasteiger partial charge in [-0.1, -0.05) is 170 Å². The summed E-state index contributed by atoms with van der Waals surface area (Å²) in [6, 6.07) is 79.9. The highest BCUT2D eigenvalue weighted by molar-refractivity contribution is 5.94. The van der Waals surface area contributed by atoms with E-state index >= 15 is 0 Å². The molecule has 58 heavy (non-hydrogen) atoms. The van der Waals surface area contributed by atoms with Gasteiger partial charge in [0.15, 0.2) is 23.0 Å². The quantitative estimate of drug-likeness (QED) is 0.162. The van der Waals surface area contributed by atoms with Crippen LogP contribution in [-0.2, 0) is 5.41 Å². The largest absolute Gasteiger partial charge is 0.449 e. The first-order valence-electron chi connectivity index (χ1n) is 19.7. The molecule has 274 valence electrons. The van der Waals surface area contributed by atoms with Crippen molar-refractivity contribution in [2.45, 2.75) is 5.41 Å². The second-order valence-electron chi connectivity index (χ2n) is 14.8. The van der Waals surface area contributed by atoms with Crippen molar-refractivity contribution in [1.82, 2.24) is 0 Å². The molecule has 0 saturated heterocycles. The molecular formula is C55H37NO2. The molecule has 0 spiro atoms. The minimum atomic E-state index is -0.654. The summed E-state index contributed by atoms with van der Waals surface area (Å²) >= 11 is 0. The smallest absolute Gasteiger partial charge is 0.178 e. The molecule has 0 radical (unpaired) electrons. The zero-order valence-corrected chi connectivity index (χ0v) is 31.6. The Labute approximate surface area is 338 Å². The fourth-order valence-electron chi connectivity index (χ4n) is 9.00. The zero-order chi connectivity index (χ0) is 38.5. The molecule has 0 unspecified atom stereocenters. The number of fused-ring (bicyclic) bond motifs is 6.